The molecule has 0 aliphatic carbocycles. The van der Waals surface area contributed by atoms with E-state index in [0.717, 1.165) is 6.42 Å². The summed E-state index contributed by atoms with van der Waals surface area (Å²) in [5.41, 5.74) is -0.313. The second-order valence-electron chi connectivity index (χ2n) is 5.51. The van der Waals surface area contributed by atoms with Crippen molar-refractivity contribution in [1.29, 1.82) is 0 Å². The molecule has 0 bridgehead atoms. The van der Waals surface area contributed by atoms with Gasteiger partial charge in [0.2, 0.25) is 0 Å². The van der Waals surface area contributed by atoms with Gasteiger partial charge in [-0.1, -0.05) is 13.0 Å². The summed E-state index contributed by atoms with van der Waals surface area (Å²) in [6.07, 6.45) is 0.929. The number of carbonyl (C=O) groups excluding carboxylic acids is 1. The fourth-order valence-corrected chi connectivity index (χ4v) is 1.92. The van der Waals surface area contributed by atoms with E-state index in [1.54, 1.807) is 30.9 Å². The monoisotopic (exact) mass is 279 g/mol. The van der Waals surface area contributed by atoms with Crippen LogP contribution in [0.1, 0.15) is 44.5 Å². The predicted octanol–water partition coefficient (Wildman–Crippen LogP) is 2.71. The molecule has 20 heavy (non-hydrogen) atoms. The molecule has 1 aromatic rings. The Kier molecular flexibility index (Phi) is 6.02. The zero-order chi connectivity index (χ0) is 15.2. The third-order valence-electron chi connectivity index (χ3n) is 2.80. The molecule has 4 nitrogen and oxygen atoms in total. The fraction of sp³-hybridized carbons (Fsp3) is 0.562. The lowest BCUT2D eigenvalue weighted by Gasteiger charge is -2.28. The van der Waals surface area contributed by atoms with Crippen molar-refractivity contribution in [1.82, 2.24) is 4.90 Å². The summed E-state index contributed by atoms with van der Waals surface area (Å²) in [7, 11) is 0. The number of likely N-dealkylation sites (N-methyl/N-ethyl adjacent to an activating group) is 1. The van der Waals surface area contributed by atoms with Crippen molar-refractivity contribution in [2.45, 2.75) is 39.7 Å². The van der Waals surface area contributed by atoms with Gasteiger partial charge in [0.1, 0.15) is 5.75 Å². The van der Waals surface area contributed by atoms with Gasteiger partial charge in [-0.25, -0.2) is 0 Å². The average Bonchev–Trinajstić information content (AvgIpc) is 2.41. The Bertz CT molecular complexity index is 438. The van der Waals surface area contributed by atoms with Crippen LogP contribution in [0, 0.1) is 0 Å². The van der Waals surface area contributed by atoms with Crippen LogP contribution in [0.3, 0.4) is 0 Å². The third-order valence-corrected chi connectivity index (χ3v) is 2.80. The molecule has 0 saturated heterocycles. The van der Waals surface area contributed by atoms with E-state index < -0.39 is 5.60 Å². The molecule has 0 aliphatic rings. The minimum atomic E-state index is -0.901. The minimum absolute atomic E-state index is 0.0865. The average molecular weight is 279 g/mol. The molecular weight excluding hydrogens is 254 g/mol. The van der Waals surface area contributed by atoms with E-state index in [1.807, 2.05) is 26.0 Å². The van der Waals surface area contributed by atoms with E-state index >= 15 is 0 Å². The summed E-state index contributed by atoms with van der Waals surface area (Å²) in [5.74, 6) is 0.619. The normalized spacial score (nSPS) is 11.2. The third kappa shape index (κ3) is 5.21. The van der Waals surface area contributed by atoms with Crippen molar-refractivity contribution in [2.24, 2.45) is 0 Å². The maximum atomic E-state index is 12.4. The van der Waals surface area contributed by atoms with Gasteiger partial charge < -0.3 is 14.7 Å². The van der Waals surface area contributed by atoms with Crippen LogP contribution in [0.2, 0.25) is 0 Å². The van der Waals surface area contributed by atoms with Gasteiger partial charge in [-0.2, -0.15) is 0 Å². The summed E-state index contributed by atoms with van der Waals surface area (Å²) in [6, 6.07) is 7.19. The number of carbonyl (C=O) groups is 1. The highest BCUT2D eigenvalue weighted by atomic mass is 16.5. The van der Waals surface area contributed by atoms with Gasteiger partial charge >= 0.3 is 0 Å². The summed E-state index contributed by atoms with van der Waals surface area (Å²) in [4.78, 5) is 14.1. The summed E-state index contributed by atoms with van der Waals surface area (Å²) < 4.78 is 5.54. The molecule has 0 radical (unpaired) electrons. The number of aliphatic hydroxyl groups is 1. The van der Waals surface area contributed by atoms with E-state index in [1.165, 1.54) is 0 Å². The molecule has 1 N–H and O–H groups in total. The Hall–Kier alpha value is -1.55. The van der Waals surface area contributed by atoms with E-state index in [2.05, 4.69) is 0 Å². The molecule has 0 aromatic heterocycles. The number of benzene rings is 1. The summed E-state index contributed by atoms with van der Waals surface area (Å²) in [5, 5.41) is 9.87. The molecule has 1 aromatic carbocycles. The molecule has 0 unspecified atom stereocenters. The van der Waals surface area contributed by atoms with E-state index in [0.29, 0.717) is 31.0 Å². The van der Waals surface area contributed by atoms with E-state index in [-0.39, 0.29) is 5.91 Å². The lowest BCUT2D eigenvalue weighted by molar-refractivity contribution is 0.0314. The van der Waals surface area contributed by atoms with Gasteiger partial charge in [-0.05, 0) is 45.4 Å². The SMILES string of the molecule is CCCOc1cccc(C(=O)N(CC)CC(C)(C)O)c1. The van der Waals surface area contributed by atoms with Crippen molar-refractivity contribution in [3.8, 4) is 5.75 Å². The van der Waals surface area contributed by atoms with Crippen LogP contribution in [-0.4, -0.2) is 41.2 Å². The Morgan fingerprint density at radius 3 is 2.60 bits per heavy atom. The summed E-state index contributed by atoms with van der Waals surface area (Å²) in [6.45, 7) is 8.84. The first-order valence-electron chi connectivity index (χ1n) is 7.12. The molecular formula is C16H25NO3. The highest BCUT2D eigenvalue weighted by molar-refractivity contribution is 5.94. The topological polar surface area (TPSA) is 49.8 Å². The van der Waals surface area contributed by atoms with Crippen LogP contribution in [0.4, 0.5) is 0 Å². The van der Waals surface area contributed by atoms with Crippen molar-refractivity contribution >= 4 is 5.91 Å². The zero-order valence-electron chi connectivity index (χ0n) is 12.8. The number of nitrogens with zero attached hydrogens (tertiary/aromatic N) is 1. The molecule has 0 fully saturated rings. The van der Waals surface area contributed by atoms with Crippen molar-refractivity contribution in [3.05, 3.63) is 29.8 Å². The molecule has 0 atom stereocenters. The highest BCUT2D eigenvalue weighted by Gasteiger charge is 2.22. The lowest BCUT2D eigenvalue weighted by atomic mass is 10.1. The number of ether oxygens (including phenoxy) is 1. The van der Waals surface area contributed by atoms with Gasteiger partial charge in [0, 0.05) is 18.7 Å². The van der Waals surface area contributed by atoms with E-state index in [9.17, 15) is 9.90 Å². The molecule has 0 heterocycles. The molecule has 112 valence electrons. The Morgan fingerprint density at radius 2 is 2.05 bits per heavy atom. The number of amides is 1. The first-order chi connectivity index (χ1) is 9.37. The lowest BCUT2D eigenvalue weighted by Crippen LogP contribution is -2.42. The molecule has 1 rings (SSSR count). The second kappa shape index (κ2) is 7.29. The van der Waals surface area contributed by atoms with Crippen LogP contribution in [0.25, 0.3) is 0 Å². The molecule has 1 amide bonds. The number of hydrogen-bond donors (Lipinski definition) is 1. The number of hydrogen-bond acceptors (Lipinski definition) is 3. The molecule has 4 heteroatoms. The minimum Gasteiger partial charge on any atom is -0.494 e. The molecule has 0 aliphatic heterocycles. The quantitative estimate of drug-likeness (QED) is 0.835. The smallest absolute Gasteiger partial charge is 0.254 e. The van der Waals surface area contributed by atoms with Crippen molar-refractivity contribution in [2.75, 3.05) is 19.7 Å². The first-order valence-corrected chi connectivity index (χ1v) is 7.12. The highest BCUT2D eigenvalue weighted by Crippen LogP contribution is 2.16. The van der Waals surface area contributed by atoms with Crippen LogP contribution < -0.4 is 4.74 Å². The molecule has 0 saturated carbocycles. The zero-order valence-corrected chi connectivity index (χ0v) is 12.8. The Balaban J connectivity index is 2.84. The second-order valence-corrected chi connectivity index (χ2v) is 5.51. The van der Waals surface area contributed by atoms with Crippen LogP contribution in [-0.2, 0) is 0 Å². The predicted molar refractivity (Wildman–Crippen MR) is 80.1 cm³/mol. The van der Waals surface area contributed by atoms with Gasteiger partial charge in [-0.3, -0.25) is 4.79 Å². The van der Waals surface area contributed by atoms with Gasteiger partial charge in [0.15, 0.2) is 0 Å². The standard InChI is InChI=1S/C16H25NO3/c1-5-10-20-14-9-7-8-13(11-14)15(18)17(6-2)12-16(3,4)19/h7-9,11,19H,5-6,10,12H2,1-4H3. The largest absolute Gasteiger partial charge is 0.494 e. The van der Waals surface area contributed by atoms with Gasteiger partial charge in [0.05, 0.1) is 12.2 Å². The maximum absolute atomic E-state index is 12.4. The molecule has 0 spiro atoms. The Labute approximate surface area is 121 Å². The van der Waals surface area contributed by atoms with Crippen molar-refractivity contribution < 1.29 is 14.6 Å². The van der Waals surface area contributed by atoms with E-state index in [4.69, 9.17) is 4.74 Å². The van der Waals surface area contributed by atoms with Crippen LogP contribution >= 0.6 is 0 Å². The number of rotatable bonds is 7. The fourth-order valence-electron chi connectivity index (χ4n) is 1.92. The van der Waals surface area contributed by atoms with Crippen LogP contribution in [0.15, 0.2) is 24.3 Å². The van der Waals surface area contributed by atoms with Gasteiger partial charge in [-0.15, -0.1) is 0 Å². The summed E-state index contributed by atoms with van der Waals surface area (Å²) >= 11 is 0. The maximum Gasteiger partial charge on any atom is 0.254 e. The first kappa shape index (κ1) is 16.5. The van der Waals surface area contributed by atoms with Gasteiger partial charge in [0.25, 0.3) is 5.91 Å². The Morgan fingerprint density at radius 1 is 1.35 bits per heavy atom. The van der Waals surface area contributed by atoms with Crippen LogP contribution in [0.5, 0.6) is 5.75 Å². The van der Waals surface area contributed by atoms with Crippen molar-refractivity contribution in [3.63, 3.8) is 0 Å².